The number of carbonyl (C=O) groups is 1. The fourth-order valence-corrected chi connectivity index (χ4v) is 1.71. The predicted octanol–water partition coefficient (Wildman–Crippen LogP) is 1.90. The summed E-state index contributed by atoms with van der Waals surface area (Å²) in [7, 11) is 0. The molecule has 17 heavy (non-hydrogen) atoms. The van der Waals surface area contributed by atoms with E-state index in [-0.39, 0.29) is 11.9 Å². The Morgan fingerprint density at radius 2 is 2.24 bits per heavy atom. The van der Waals surface area contributed by atoms with Crippen LogP contribution < -0.4 is 11.1 Å². The van der Waals surface area contributed by atoms with Crippen LogP contribution in [0.25, 0.3) is 11.0 Å². The Bertz CT molecular complexity index is 486. The summed E-state index contributed by atoms with van der Waals surface area (Å²) < 4.78 is 5.47. The van der Waals surface area contributed by atoms with E-state index in [0.717, 1.165) is 17.4 Å². The Kier molecular flexibility index (Phi) is 3.44. The molecule has 0 saturated heterocycles. The smallest absolute Gasteiger partial charge is 0.287 e. The van der Waals surface area contributed by atoms with Crippen LogP contribution in [0.1, 0.15) is 23.9 Å². The van der Waals surface area contributed by atoms with Crippen LogP contribution >= 0.6 is 0 Å². The topological polar surface area (TPSA) is 68.3 Å². The third-order valence-corrected chi connectivity index (χ3v) is 2.63. The van der Waals surface area contributed by atoms with Crippen molar-refractivity contribution in [2.75, 3.05) is 6.54 Å². The number of fused-ring (bicyclic) bond motifs is 1. The van der Waals surface area contributed by atoms with Crippen LogP contribution in [0.2, 0.25) is 0 Å². The lowest BCUT2D eigenvalue weighted by atomic mass is 10.2. The number of amides is 1. The van der Waals surface area contributed by atoms with Gasteiger partial charge in [0.15, 0.2) is 5.76 Å². The highest BCUT2D eigenvalue weighted by Gasteiger charge is 2.13. The molecule has 0 radical (unpaired) electrons. The minimum Gasteiger partial charge on any atom is -0.451 e. The van der Waals surface area contributed by atoms with Gasteiger partial charge in [-0.25, -0.2) is 0 Å². The normalized spacial score (nSPS) is 12.6. The van der Waals surface area contributed by atoms with Gasteiger partial charge in [-0.05, 0) is 32.0 Å². The van der Waals surface area contributed by atoms with Crippen molar-refractivity contribution in [3.8, 4) is 0 Å². The van der Waals surface area contributed by atoms with Gasteiger partial charge in [-0.1, -0.05) is 18.2 Å². The standard InChI is InChI=1S/C13H16N2O2/c1-9(6-7-14)15-13(16)12-8-10-4-2-3-5-11(10)17-12/h2-5,8-9H,6-7,14H2,1H3,(H,15,16). The monoisotopic (exact) mass is 232 g/mol. The van der Waals surface area contributed by atoms with Gasteiger partial charge in [0.25, 0.3) is 5.91 Å². The number of carbonyl (C=O) groups excluding carboxylic acids is 1. The van der Waals surface area contributed by atoms with Gasteiger partial charge in [-0.15, -0.1) is 0 Å². The number of rotatable bonds is 4. The molecule has 2 rings (SSSR count). The highest BCUT2D eigenvalue weighted by Crippen LogP contribution is 2.18. The summed E-state index contributed by atoms with van der Waals surface area (Å²) in [5.41, 5.74) is 6.16. The molecule has 1 aromatic carbocycles. The average Bonchev–Trinajstić information content (AvgIpc) is 2.72. The highest BCUT2D eigenvalue weighted by molar-refractivity contribution is 5.96. The van der Waals surface area contributed by atoms with Crippen LogP contribution in [0, 0.1) is 0 Å². The SMILES string of the molecule is CC(CCN)NC(=O)c1cc2ccccc2o1. The van der Waals surface area contributed by atoms with Crippen molar-refractivity contribution in [2.45, 2.75) is 19.4 Å². The van der Waals surface area contributed by atoms with Crippen molar-refractivity contribution >= 4 is 16.9 Å². The maximum Gasteiger partial charge on any atom is 0.287 e. The van der Waals surface area contributed by atoms with E-state index in [0.29, 0.717) is 12.3 Å². The number of furan rings is 1. The largest absolute Gasteiger partial charge is 0.451 e. The molecule has 1 unspecified atom stereocenters. The highest BCUT2D eigenvalue weighted by atomic mass is 16.3. The van der Waals surface area contributed by atoms with Crippen molar-refractivity contribution in [3.63, 3.8) is 0 Å². The van der Waals surface area contributed by atoms with Gasteiger partial charge in [0, 0.05) is 11.4 Å². The lowest BCUT2D eigenvalue weighted by molar-refractivity contribution is 0.0913. The molecule has 0 aliphatic heterocycles. The molecular weight excluding hydrogens is 216 g/mol. The van der Waals surface area contributed by atoms with Crippen molar-refractivity contribution in [2.24, 2.45) is 5.73 Å². The molecular formula is C13H16N2O2. The molecule has 0 saturated carbocycles. The van der Waals surface area contributed by atoms with E-state index in [9.17, 15) is 4.79 Å². The first-order valence-corrected chi connectivity index (χ1v) is 5.70. The number of hydrogen-bond donors (Lipinski definition) is 2. The molecule has 90 valence electrons. The first-order valence-electron chi connectivity index (χ1n) is 5.70. The summed E-state index contributed by atoms with van der Waals surface area (Å²) in [5.74, 6) is 0.150. The van der Waals surface area contributed by atoms with Crippen LogP contribution in [0.5, 0.6) is 0 Å². The summed E-state index contributed by atoms with van der Waals surface area (Å²) in [5, 5.41) is 3.78. The van der Waals surface area contributed by atoms with Crippen LogP contribution in [-0.4, -0.2) is 18.5 Å². The van der Waals surface area contributed by atoms with E-state index in [2.05, 4.69) is 5.32 Å². The third kappa shape index (κ3) is 2.65. The van der Waals surface area contributed by atoms with E-state index in [1.54, 1.807) is 6.07 Å². The number of para-hydroxylation sites is 1. The Morgan fingerprint density at radius 1 is 1.47 bits per heavy atom. The summed E-state index contributed by atoms with van der Waals surface area (Å²) in [6, 6.07) is 9.36. The first kappa shape index (κ1) is 11.7. The zero-order valence-electron chi connectivity index (χ0n) is 9.77. The van der Waals surface area contributed by atoms with Crippen LogP contribution in [-0.2, 0) is 0 Å². The summed E-state index contributed by atoms with van der Waals surface area (Å²) in [6.07, 6.45) is 0.756. The van der Waals surface area contributed by atoms with E-state index in [1.165, 1.54) is 0 Å². The van der Waals surface area contributed by atoms with Gasteiger partial charge in [0.2, 0.25) is 0 Å². The Labute approximate surface area is 99.8 Å². The number of hydrogen-bond acceptors (Lipinski definition) is 3. The molecule has 0 aliphatic rings. The number of nitrogens with one attached hydrogen (secondary N) is 1. The summed E-state index contributed by atoms with van der Waals surface area (Å²) in [4.78, 5) is 11.9. The molecule has 1 aromatic heterocycles. The fourth-order valence-electron chi connectivity index (χ4n) is 1.71. The Hall–Kier alpha value is -1.81. The third-order valence-electron chi connectivity index (χ3n) is 2.63. The van der Waals surface area contributed by atoms with Gasteiger partial charge >= 0.3 is 0 Å². The first-order chi connectivity index (χ1) is 8.20. The second kappa shape index (κ2) is 5.01. The lowest BCUT2D eigenvalue weighted by Crippen LogP contribution is -2.33. The minimum atomic E-state index is -0.192. The van der Waals surface area contributed by atoms with Crippen LogP contribution in [0.3, 0.4) is 0 Å². The zero-order valence-corrected chi connectivity index (χ0v) is 9.77. The van der Waals surface area contributed by atoms with Crippen molar-refractivity contribution in [1.29, 1.82) is 0 Å². The predicted molar refractivity (Wildman–Crippen MR) is 66.8 cm³/mol. The summed E-state index contributed by atoms with van der Waals surface area (Å²) in [6.45, 7) is 2.48. The molecule has 3 N–H and O–H groups in total. The molecule has 2 aromatic rings. The van der Waals surface area contributed by atoms with Gasteiger partial charge < -0.3 is 15.5 Å². The Morgan fingerprint density at radius 3 is 2.94 bits per heavy atom. The minimum absolute atomic E-state index is 0.0562. The second-order valence-corrected chi connectivity index (χ2v) is 4.10. The molecule has 0 fully saturated rings. The molecule has 1 heterocycles. The van der Waals surface area contributed by atoms with Crippen molar-refractivity contribution in [1.82, 2.24) is 5.32 Å². The molecule has 0 bridgehead atoms. The zero-order chi connectivity index (χ0) is 12.3. The molecule has 1 amide bonds. The quantitative estimate of drug-likeness (QED) is 0.846. The van der Waals surface area contributed by atoms with E-state index in [4.69, 9.17) is 10.2 Å². The van der Waals surface area contributed by atoms with Crippen LogP contribution in [0.4, 0.5) is 0 Å². The van der Waals surface area contributed by atoms with Gasteiger partial charge in [-0.2, -0.15) is 0 Å². The van der Waals surface area contributed by atoms with E-state index < -0.39 is 0 Å². The van der Waals surface area contributed by atoms with E-state index in [1.807, 2.05) is 31.2 Å². The average molecular weight is 232 g/mol. The molecule has 4 heteroatoms. The van der Waals surface area contributed by atoms with Gasteiger partial charge in [-0.3, -0.25) is 4.79 Å². The summed E-state index contributed by atoms with van der Waals surface area (Å²) >= 11 is 0. The maximum absolute atomic E-state index is 11.9. The van der Waals surface area contributed by atoms with Crippen molar-refractivity contribution < 1.29 is 9.21 Å². The molecule has 0 spiro atoms. The Balaban J connectivity index is 2.13. The van der Waals surface area contributed by atoms with Crippen LogP contribution in [0.15, 0.2) is 34.7 Å². The maximum atomic E-state index is 11.9. The van der Waals surface area contributed by atoms with Gasteiger partial charge in [0.1, 0.15) is 5.58 Å². The van der Waals surface area contributed by atoms with Crippen molar-refractivity contribution in [3.05, 3.63) is 36.1 Å². The van der Waals surface area contributed by atoms with Gasteiger partial charge in [0.05, 0.1) is 0 Å². The molecule has 4 nitrogen and oxygen atoms in total. The second-order valence-electron chi connectivity index (χ2n) is 4.10. The number of benzene rings is 1. The fraction of sp³-hybridized carbons (Fsp3) is 0.308. The molecule has 1 atom stereocenters. The number of nitrogens with two attached hydrogens (primary N) is 1. The van der Waals surface area contributed by atoms with E-state index >= 15 is 0 Å². The molecule has 0 aliphatic carbocycles. The lowest BCUT2D eigenvalue weighted by Gasteiger charge is -2.10.